The van der Waals surface area contributed by atoms with Crippen molar-refractivity contribution >= 4 is 46.3 Å². The highest BCUT2D eigenvalue weighted by Crippen LogP contribution is 2.25. The highest BCUT2D eigenvalue weighted by Gasteiger charge is 2.25. The molecule has 2 aromatic heterocycles. The van der Waals surface area contributed by atoms with Crippen molar-refractivity contribution in [1.29, 1.82) is 0 Å². The van der Waals surface area contributed by atoms with Crippen LogP contribution in [0.1, 0.15) is 37.2 Å². The summed E-state index contributed by atoms with van der Waals surface area (Å²) in [7, 11) is 0. The number of carbonyl (C=O) groups excluding carboxylic acids is 2. The molecule has 1 aliphatic heterocycles. The Hall–Kier alpha value is -3.70. The lowest BCUT2D eigenvalue weighted by atomic mass is 10.0. The minimum Gasteiger partial charge on any atom is -0.449 e. The maximum Gasteiger partial charge on any atom is 0.511 e. The van der Waals surface area contributed by atoms with Gasteiger partial charge in [-0.25, -0.2) is 9.78 Å². The fourth-order valence-corrected chi connectivity index (χ4v) is 4.30. The number of likely N-dealkylation sites (tertiary alicyclic amines) is 1. The van der Waals surface area contributed by atoms with Crippen LogP contribution in [0.4, 0.5) is 10.6 Å². The Morgan fingerprint density at radius 2 is 1.94 bits per heavy atom. The topological polar surface area (TPSA) is 139 Å². The second-order valence-corrected chi connectivity index (χ2v) is 9.28. The van der Waals surface area contributed by atoms with Gasteiger partial charge in [-0.2, -0.15) is 5.10 Å². The third-order valence-electron chi connectivity index (χ3n) is 6.03. The van der Waals surface area contributed by atoms with E-state index in [9.17, 15) is 14.4 Å². The van der Waals surface area contributed by atoms with Crippen LogP contribution in [0.5, 0.6) is 5.75 Å². The van der Waals surface area contributed by atoms with Gasteiger partial charge in [0.25, 0.3) is 5.91 Å². The predicted molar refractivity (Wildman–Crippen MR) is 133 cm³/mol. The van der Waals surface area contributed by atoms with E-state index in [1.165, 1.54) is 23.0 Å². The molecule has 3 heterocycles. The van der Waals surface area contributed by atoms with Crippen LogP contribution in [0.25, 0.3) is 10.9 Å². The van der Waals surface area contributed by atoms with Gasteiger partial charge in [0.05, 0.1) is 10.5 Å². The summed E-state index contributed by atoms with van der Waals surface area (Å²) in [4.78, 5) is 43.3. The van der Waals surface area contributed by atoms with Crippen molar-refractivity contribution in [1.82, 2.24) is 25.0 Å². The Balaban J connectivity index is 1.56. The number of benzene rings is 1. The van der Waals surface area contributed by atoms with Gasteiger partial charge in [0, 0.05) is 36.8 Å². The van der Waals surface area contributed by atoms with E-state index in [1.807, 2.05) is 0 Å². The Kier molecular flexibility index (Phi) is 7.70. The van der Waals surface area contributed by atoms with Gasteiger partial charge in [-0.1, -0.05) is 11.6 Å². The van der Waals surface area contributed by atoms with Gasteiger partial charge in [0.15, 0.2) is 5.69 Å². The standard InChI is InChI=1S/C24H27ClN6O5/c1-14(2)30-9-7-16(8-10-30)27-23(33)22-18-11-17(36-24(34)35)4-5-19(18)31(29-22)13-21(32)28-20-6-3-15(25)12-26-20/h3-6,11-12,14,16H,7-10,13H2,1-2H3,(H,27,33)(H,34,35)(H,26,28,32). The van der Waals surface area contributed by atoms with Crippen molar-refractivity contribution in [2.24, 2.45) is 0 Å². The zero-order valence-corrected chi connectivity index (χ0v) is 20.7. The molecule has 0 aliphatic carbocycles. The molecule has 1 aromatic carbocycles. The first-order valence-electron chi connectivity index (χ1n) is 11.6. The average Bonchev–Trinajstić information content (AvgIpc) is 3.18. The largest absolute Gasteiger partial charge is 0.511 e. The summed E-state index contributed by atoms with van der Waals surface area (Å²) in [5.74, 6) is -0.436. The van der Waals surface area contributed by atoms with E-state index in [0.717, 1.165) is 25.9 Å². The fraction of sp³-hybridized carbons (Fsp3) is 0.375. The summed E-state index contributed by atoms with van der Waals surface area (Å²) in [5, 5.41) is 19.9. The van der Waals surface area contributed by atoms with E-state index >= 15 is 0 Å². The lowest BCUT2D eigenvalue weighted by Gasteiger charge is -2.34. The molecule has 3 N–H and O–H groups in total. The number of piperidine rings is 1. The zero-order valence-electron chi connectivity index (χ0n) is 19.9. The number of ether oxygens (including phenoxy) is 1. The number of carboxylic acid groups (broad SMARTS) is 1. The molecule has 36 heavy (non-hydrogen) atoms. The second kappa shape index (κ2) is 10.9. The summed E-state index contributed by atoms with van der Waals surface area (Å²) in [6, 6.07) is 8.05. The molecular formula is C24H27ClN6O5. The fourth-order valence-electron chi connectivity index (χ4n) is 4.19. The molecule has 0 unspecified atom stereocenters. The highest BCUT2D eigenvalue weighted by atomic mass is 35.5. The van der Waals surface area contributed by atoms with Crippen molar-refractivity contribution in [3.05, 3.63) is 47.2 Å². The lowest BCUT2D eigenvalue weighted by molar-refractivity contribution is -0.116. The van der Waals surface area contributed by atoms with E-state index in [1.54, 1.807) is 18.2 Å². The summed E-state index contributed by atoms with van der Waals surface area (Å²) < 4.78 is 6.15. The van der Waals surface area contributed by atoms with Crippen molar-refractivity contribution in [2.75, 3.05) is 18.4 Å². The Labute approximate surface area is 212 Å². The molecule has 1 fully saturated rings. The molecule has 0 bridgehead atoms. The van der Waals surface area contributed by atoms with Gasteiger partial charge in [0.2, 0.25) is 5.91 Å². The highest BCUT2D eigenvalue weighted by molar-refractivity contribution is 6.30. The van der Waals surface area contributed by atoms with Crippen LogP contribution in [0, 0.1) is 0 Å². The molecule has 190 valence electrons. The summed E-state index contributed by atoms with van der Waals surface area (Å²) in [6.07, 6.45) is 1.57. The van der Waals surface area contributed by atoms with Crippen LogP contribution in [0.2, 0.25) is 5.02 Å². The summed E-state index contributed by atoms with van der Waals surface area (Å²) in [5.41, 5.74) is 0.566. The molecule has 4 rings (SSSR count). The number of hydrogen-bond acceptors (Lipinski definition) is 7. The third kappa shape index (κ3) is 6.10. The van der Waals surface area contributed by atoms with Gasteiger partial charge in [-0.05, 0) is 57.0 Å². The molecule has 1 aliphatic rings. The quantitative estimate of drug-likeness (QED) is 0.322. The molecule has 12 heteroatoms. The number of carbonyl (C=O) groups is 3. The molecule has 0 radical (unpaired) electrons. The van der Waals surface area contributed by atoms with Gasteiger partial charge in [-0.15, -0.1) is 0 Å². The van der Waals surface area contributed by atoms with E-state index < -0.39 is 18.0 Å². The van der Waals surface area contributed by atoms with Gasteiger partial charge >= 0.3 is 6.16 Å². The number of nitrogens with zero attached hydrogens (tertiary/aromatic N) is 4. The van der Waals surface area contributed by atoms with Crippen molar-refractivity contribution in [3.8, 4) is 5.75 Å². The van der Waals surface area contributed by atoms with Crippen LogP contribution in [0.15, 0.2) is 36.5 Å². The zero-order chi connectivity index (χ0) is 25.8. The normalized spacial score (nSPS) is 14.7. The SMILES string of the molecule is CC(C)N1CCC(NC(=O)c2nn(CC(=O)Nc3ccc(Cl)cn3)c3ccc(OC(=O)O)cc23)CC1. The van der Waals surface area contributed by atoms with Crippen LogP contribution < -0.4 is 15.4 Å². The monoisotopic (exact) mass is 514 g/mol. The van der Waals surface area contributed by atoms with Gasteiger partial charge in [-0.3, -0.25) is 14.3 Å². The molecule has 0 atom stereocenters. The molecule has 0 saturated carbocycles. The number of anilines is 1. The Morgan fingerprint density at radius 1 is 1.19 bits per heavy atom. The van der Waals surface area contributed by atoms with E-state index in [-0.39, 0.29) is 24.0 Å². The van der Waals surface area contributed by atoms with E-state index in [0.29, 0.717) is 27.8 Å². The van der Waals surface area contributed by atoms with Crippen LogP contribution in [0.3, 0.4) is 0 Å². The maximum atomic E-state index is 13.2. The summed E-state index contributed by atoms with van der Waals surface area (Å²) in [6.45, 7) is 5.86. The maximum absolute atomic E-state index is 13.2. The van der Waals surface area contributed by atoms with Crippen LogP contribution >= 0.6 is 11.6 Å². The van der Waals surface area contributed by atoms with Crippen LogP contribution in [-0.4, -0.2) is 67.9 Å². The van der Waals surface area contributed by atoms with Gasteiger partial charge < -0.3 is 25.4 Å². The second-order valence-electron chi connectivity index (χ2n) is 8.84. The summed E-state index contributed by atoms with van der Waals surface area (Å²) >= 11 is 5.83. The number of fused-ring (bicyclic) bond motifs is 1. The smallest absolute Gasteiger partial charge is 0.449 e. The lowest BCUT2D eigenvalue weighted by Crippen LogP contribution is -2.46. The van der Waals surface area contributed by atoms with Crippen molar-refractivity contribution in [3.63, 3.8) is 0 Å². The van der Waals surface area contributed by atoms with Crippen molar-refractivity contribution in [2.45, 2.75) is 45.3 Å². The average molecular weight is 515 g/mol. The van der Waals surface area contributed by atoms with E-state index in [4.69, 9.17) is 21.4 Å². The first-order valence-corrected chi connectivity index (χ1v) is 11.9. The first-order chi connectivity index (χ1) is 17.2. The molecule has 2 amide bonds. The minimum absolute atomic E-state index is 0.00886. The number of amides is 2. The number of aromatic nitrogens is 3. The number of halogens is 1. The third-order valence-corrected chi connectivity index (χ3v) is 6.25. The molecule has 1 saturated heterocycles. The molecule has 0 spiro atoms. The van der Waals surface area contributed by atoms with E-state index in [2.05, 4.69) is 39.5 Å². The minimum atomic E-state index is -1.47. The van der Waals surface area contributed by atoms with Gasteiger partial charge in [0.1, 0.15) is 18.1 Å². The molecule has 3 aromatic rings. The van der Waals surface area contributed by atoms with Crippen LogP contribution in [-0.2, 0) is 11.3 Å². The Morgan fingerprint density at radius 3 is 2.58 bits per heavy atom. The number of pyridine rings is 1. The first kappa shape index (κ1) is 25.4. The van der Waals surface area contributed by atoms with Crippen molar-refractivity contribution < 1.29 is 24.2 Å². The molecular weight excluding hydrogens is 488 g/mol. The number of hydrogen-bond donors (Lipinski definition) is 3. The number of rotatable bonds is 7. The molecule has 11 nitrogen and oxygen atoms in total. The Bertz CT molecular complexity index is 1270. The number of nitrogens with one attached hydrogen (secondary N) is 2. The predicted octanol–water partition coefficient (Wildman–Crippen LogP) is 3.38.